The van der Waals surface area contributed by atoms with Crippen molar-refractivity contribution in [1.29, 1.82) is 0 Å². The molecule has 0 saturated carbocycles. The van der Waals surface area contributed by atoms with E-state index in [1.165, 1.54) is 5.56 Å². The fourth-order valence-corrected chi connectivity index (χ4v) is 2.89. The van der Waals surface area contributed by atoms with E-state index in [-0.39, 0.29) is 17.9 Å². The molecule has 0 atom stereocenters. The Morgan fingerprint density at radius 2 is 2.17 bits per heavy atom. The smallest absolute Gasteiger partial charge is 0.277 e. The molecule has 1 amide bonds. The maximum atomic E-state index is 11.7. The molecule has 1 heterocycles. The summed E-state index contributed by atoms with van der Waals surface area (Å²) < 4.78 is 6.36. The first-order chi connectivity index (χ1) is 10.9. The Bertz CT molecular complexity index is 691. The van der Waals surface area contributed by atoms with Crippen LogP contribution in [-0.4, -0.2) is 18.7 Å². The third kappa shape index (κ3) is 5.48. The van der Waals surface area contributed by atoms with E-state index >= 15 is 0 Å². The van der Waals surface area contributed by atoms with Crippen molar-refractivity contribution in [3.8, 4) is 5.75 Å². The Hall–Kier alpha value is -1.66. The Kier molecular flexibility index (Phi) is 5.96. The van der Waals surface area contributed by atoms with Crippen LogP contribution in [0.15, 0.2) is 44.6 Å². The van der Waals surface area contributed by atoms with Crippen molar-refractivity contribution in [1.82, 2.24) is 5.43 Å². The molecular formula is C17H19BrN2O2S. The van der Waals surface area contributed by atoms with Crippen molar-refractivity contribution in [3.63, 3.8) is 0 Å². The molecule has 0 aliphatic carbocycles. The van der Waals surface area contributed by atoms with E-state index in [0.29, 0.717) is 5.75 Å². The number of halogens is 1. The van der Waals surface area contributed by atoms with Crippen molar-refractivity contribution < 1.29 is 9.53 Å². The van der Waals surface area contributed by atoms with Gasteiger partial charge in [-0.2, -0.15) is 16.4 Å². The van der Waals surface area contributed by atoms with Crippen LogP contribution in [-0.2, 0) is 10.2 Å². The summed E-state index contributed by atoms with van der Waals surface area (Å²) in [6.45, 7) is 6.35. The van der Waals surface area contributed by atoms with Crippen LogP contribution in [0.5, 0.6) is 5.75 Å². The Labute approximate surface area is 148 Å². The molecule has 2 rings (SSSR count). The number of nitrogens with zero attached hydrogens (tertiary/aromatic N) is 1. The highest BCUT2D eigenvalue weighted by atomic mass is 79.9. The number of rotatable bonds is 5. The number of ether oxygens (including phenoxy) is 1. The lowest BCUT2D eigenvalue weighted by molar-refractivity contribution is -0.123. The molecule has 6 heteroatoms. The van der Waals surface area contributed by atoms with Gasteiger partial charge in [-0.15, -0.1) is 0 Å². The second kappa shape index (κ2) is 7.75. The van der Waals surface area contributed by atoms with E-state index in [1.54, 1.807) is 17.6 Å². The number of carbonyl (C=O) groups is 1. The Morgan fingerprint density at radius 1 is 1.39 bits per heavy atom. The molecule has 0 aliphatic rings. The molecule has 0 unspecified atom stereocenters. The number of amides is 1. The van der Waals surface area contributed by atoms with Crippen LogP contribution in [0.4, 0.5) is 0 Å². The molecule has 122 valence electrons. The standard InChI is InChI=1S/C17H19BrN2O2S/c1-17(2,3)13-4-5-15(14(18)8-13)22-10-16(21)20-19-9-12-6-7-23-11-12/h4-9,11H,10H2,1-3H3,(H,20,21)/b19-9+. The first-order valence-corrected chi connectivity index (χ1v) is 8.87. The van der Waals surface area contributed by atoms with Gasteiger partial charge in [0.15, 0.2) is 6.61 Å². The predicted molar refractivity (Wildman–Crippen MR) is 98.4 cm³/mol. The maximum Gasteiger partial charge on any atom is 0.277 e. The number of carbonyl (C=O) groups excluding carboxylic acids is 1. The molecule has 1 aromatic heterocycles. The summed E-state index contributed by atoms with van der Waals surface area (Å²) >= 11 is 5.06. The van der Waals surface area contributed by atoms with Gasteiger partial charge in [0, 0.05) is 5.56 Å². The number of nitrogens with one attached hydrogen (secondary N) is 1. The van der Waals surface area contributed by atoms with Gasteiger partial charge in [0.25, 0.3) is 5.91 Å². The summed E-state index contributed by atoms with van der Waals surface area (Å²) in [6, 6.07) is 7.81. The molecule has 4 nitrogen and oxygen atoms in total. The second-order valence-electron chi connectivity index (χ2n) is 6.03. The van der Waals surface area contributed by atoms with Gasteiger partial charge in [0.05, 0.1) is 10.7 Å². The third-order valence-electron chi connectivity index (χ3n) is 3.10. The monoisotopic (exact) mass is 394 g/mol. The lowest BCUT2D eigenvalue weighted by Crippen LogP contribution is -2.24. The number of hydrogen-bond donors (Lipinski definition) is 1. The van der Waals surface area contributed by atoms with Crippen LogP contribution in [0.2, 0.25) is 0 Å². The molecule has 1 N–H and O–H groups in total. The topological polar surface area (TPSA) is 50.7 Å². The van der Waals surface area contributed by atoms with Crippen molar-refractivity contribution >= 4 is 39.4 Å². The highest BCUT2D eigenvalue weighted by molar-refractivity contribution is 9.10. The van der Waals surface area contributed by atoms with Gasteiger partial charge in [-0.1, -0.05) is 26.8 Å². The van der Waals surface area contributed by atoms with Gasteiger partial charge in [0.2, 0.25) is 0 Å². The fourth-order valence-electron chi connectivity index (χ4n) is 1.79. The molecule has 0 aliphatic heterocycles. The minimum Gasteiger partial charge on any atom is -0.483 e. The minimum absolute atomic E-state index is 0.0643. The molecular weight excluding hydrogens is 376 g/mol. The summed E-state index contributed by atoms with van der Waals surface area (Å²) in [7, 11) is 0. The fraction of sp³-hybridized carbons (Fsp3) is 0.294. The molecule has 1 aromatic carbocycles. The highest BCUT2D eigenvalue weighted by Crippen LogP contribution is 2.31. The van der Waals surface area contributed by atoms with E-state index in [1.807, 2.05) is 35.0 Å². The molecule has 0 saturated heterocycles. The molecule has 23 heavy (non-hydrogen) atoms. The third-order valence-corrected chi connectivity index (χ3v) is 4.42. The largest absolute Gasteiger partial charge is 0.483 e. The van der Waals surface area contributed by atoms with Crippen LogP contribution < -0.4 is 10.2 Å². The van der Waals surface area contributed by atoms with Gasteiger partial charge in [0.1, 0.15) is 5.75 Å². The second-order valence-corrected chi connectivity index (χ2v) is 7.67. The molecule has 0 spiro atoms. The minimum atomic E-state index is -0.303. The average molecular weight is 395 g/mol. The summed E-state index contributed by atoms with van der Waals surface area (Å²) in [5.41, 5.74) is 4.66. The highest BCUT2D eigenvalue weighted by Gasteiger charge is 2.15. The average Bonchev–Trinajstić information content (AvgIpc) is 2.98. The summed E-state index contributed by atoms with van der Waals surface area (Å²) in [4.78, 5) is 11.7. The van der Waals surface area contributed by atoms with E-state index < -0.39 is 0 Å². The number of benzene rings is 1. The van der Waals surface area contributed by atoms with Gasteiger partial charge in [-0.25, -0.2) is 5.43 Å². The molecule has 2 aromatic rings. The predicted octanol–water partition coefficient (Wildman–Crippen LogP) is 4.34. The van der Waals surface area contributed by atoms with Crippen LogP contribution in [0, 0.1) is 0 Å². The van der Waals surface area contributed by atoms with E-state index in [9.17, 15) is 4.79 Å². The maximum absolute atomic E-state index is 11.7. The Morgan fingerprint density at radius 3 is 2.78 bits per heavy atom. The van der Waals surface area contributed by atoms with Crippen LogP contribution in [0.25, 0.3) is 0 Å². The summed E-state index contributed by atoms with van der Waals surface area (Å²) in [6.07, 6.45) is 1.60. The van der Waals surface area contributed by atoms with E-state index in [4.69, 9.17) is 4.74 Å². The number of hydrogen-bond acceptors (Lipinski definition) is 4. The lowest BCUT2D eigenvalue weighted by atomic mass is 9.87. The zero-order chi connectivity index (χ0) is 16.9. The number of hydrazone groups is 1. The van der Waals surface area contributed by atoms with Crippen LogP contribution >= 0.6 is 27.3 Å². The zero-order valence-corrected chi connectivity index (χ0v) is 15.7. The molecule has 0 fully saturated rings. The first kappa shape index (κ1) is 17.7. The van der Waals surface area contributed by atoms with Crippen molar-refractivity contribution in [3.05, 3.63) is 50.6 Å². The van der Waals surface area contributed by atoms with Gasteiger partial charge < -0.3 is 4.74 Å². The van der Waals surface area contributed by atoms with E-state index in [0.717, 1.165) is 10.0 Å². The van der Waals surface area contributed by atoms with Crippen LogP contribution in [0.3, 0.4) is 0 Å². The Balaban J connectivity index is 1.87. The van der Waals surface area contributed by atoms with Gasteiger partial charge >= 0.3 is 0 Å². The summed E-state index contributed by atoms with van der Waals surface area (Å²) in [5.74, 6) is 0.332. The summed E-state index contributed by atoms with van der Waals surface area (Å²) in [5, 5.41) is 7.78. The molecule has 0 radical (unpaired) electrons. The normalized spacial score (nSPS) is 11.7. The zero-order valence-electron chi connectivity index (χ0n) is 13.3. The van der Waals surface area contributed by atoms with E-state index in [2.05, 4.69) is 47.2 Å². The lowest BCUT2D eigenvalue weighted by Gasteiger charge is -2.20. The molecule has 0 bridgehead atoms. The van der Waals surface area contributed by atoms with Crippen molar-refractivity contribution in [2.24, 2.45) is 5.10 Å². The first-order valence-electron chi connectivity index (χ1n) is 7.13. The van der Waals surface area contributed by atoms with Crippen molar-refractivity contribution in [2.45, 2.75) is 26.2 Å². The van der Waals surface area contributed by atoms with Crippen LogP contribution in [0.1, 0.15) is 31.9 Å². The SMILES string of the molecule is CC(C)(C)c1ccc(OCC(=O)N/N=C/c2ccsc2)c(Br)c1. The van der Waals surface area contributed by atoms with Gasteiger partial charge in [-0.3, -0.25) is 4.79 Å². The van der Waals surface area contributed by atoms with Crippen molar-refractivity contribution in [2.75, 3.05) is 6.61 Å². The number of thiophene rings is 1. The quantitative estimate of drug-likeness (QED) is 0.605. The van der Waals surface area contributed by atoms with Gasteiger partial charge in [-0.05, 0) is 55.9 Å².